The first-order chi connectivity index (χ1) is 15.0. The predicted octanol–water partition coefficient (Wildman–Crippen LogP) is 2.68. The number of carbonyl (C=O) groups excluding carboxylic acids is 1. The van der Waals surface area contributed by atoms with Gasteiger partial charge in [-0.25, -0.2) is 14.8 Å². The zero-order chi connectivity index (χ0) is 21.5. The average molecular weight is 433 g/mol. The number of benzene rings is 2. The number of aryl methyl sites for hydroxylation is 2. The third-order valence-corrected chi connectivity index (χ3v) is 6.35. The van der Waals surface area contributed by atoms with Crippen LogP contribution in [0.2, 0.25) is 0 Å². The van der Waals surface area contributed by atoms with Gasteiger partial charge in [0.2, 0.25) is 0 Å². The molecule has 0 fully saturated rings. The van der Waals surface area contributed by atoms with E-state index in [0.717, 1.165) is 22.5 Å². The molecule has 0 spiro atoms. The smallest absolute Gasteiger partial charge is 0.321 e. The Morgan fingerprint density at radius 3 is 2.71 bits per heavy atom. The Bertz CT molecular complexity index is 1340. The fourth-order valence-corrected chi connectivity index (χ4v) is 4.77. The van der Waals surface area contributed by atoms with Crippen LogP contribution in [0.3, 0.4) is 0 Å². The number of fused-ring (bicyclic) bond motifs is 2. The molecule has 156 valence electrons. The summed E-state index contributed by atoms with van der Waals surface area (Å²) in [5, 5.41) is 9.91. The van der Waals surface area contributed by atoms with Crippen molar-refractivity contribution in [2.24, 2.45) is 4.99 Å². The number of thioether (sulfide) groups is 1. The molecule has 1 aromatic heterocycles. The minimum Gasteiger partial charge on any atom is -0.345 e. The van der Waals surface area contributed by atoms with E-state index in [1.807, 2.05) is 56.3 Å². The standard InChI is InChI=1S/C22H20N6O2S/c1-12-6-3-4-9-15(12)28-16(25-14-8-5-7-13(2)17(14)21(28)29)10-31-20-18-19(24-11-23-18)26-22(30)27-20/h3-9,11,19H,10H2,1-2H3,(H,23,24)(H2,26,27,30). The Morgan fingerprint density at radius 1 is 1.06 bits per heavy atom. The molecule has 9 heteroatoms. The molecule has 0 saturated carbocycles. The van der Waals surface area contributed by atoms with E-state index in [0.29, 0.717) is 27.5 Å². The zero-order valence-corrected chi connectivity index (χ0v) is 17.8. The van der Waals surface area contributed by atoms with Crippen molar-refractivity contribution in [3.63, 3.8) is 0 Å². The highest BCUT2D eigenvalue weighted by atomic mass is 32.2. The van der Waals surface area contributed by atoms with Crippen molar-refractivity contribution in [1.82, 2.24) is 25.5 Å². The van der Waals surface area contributed by atoms with Crippen LogP contribution in [0, 0.1) is 13.8 Å². The van der Waals surface area contributed by atoms with Crippen molar-refractivity contribution >= 4 is 35.0 Å². The number of urea groups is 1. The van der Waals surface area contributed by atoms with Gasteiger partial charge in [-0.15, -0.1) is 0 Å². The summed E-state index contributed by atoms with van der Waals surface area (Å²) >= 11 is 1.41. The lowest BCUT2D eigenvalue weighted by molar-refractivity contribution is 0.239. The maximum atomic E-state index is 13.6. The molecule has 5 rings (SSSR count). The van der Waals surface area contributed by atoms with Gasteiger partial charge in [0.05, 0.1) is 34.4 Å². The van der Waals surface area contributed by atoms with Crippen LogP contribution in [0.1, 0.15) is 17.0 Å². The van der Waals surface area contributed by atoms with E-state index in [1.54, 1.807) is 10.9 Å². The molecular formula is C22H20N6O2S. The summed E-state index contributed by atoms with van der Waals surface area (Å²) in [6, 6.07) is 13.1. The first-order valence-corrected chi connectivity index (χ1v) is 10.8. The second-order valence-corrected chi connectivity index (χ2v) is 8.36. The van der Waals surface area contributed by atoms with Gasteiger partial charge in [0, 0.05) is 0 Å². The van der Waals surface area contributed by atoms with Crippen molar-refractivity contribution in [1.29, 1.82) is 0 Å². The second-order valence-electron chi connectivity index (χ2n) is 7.38. The largest absolute Gasteiger partial charge is 0.345 e. The molecular weight excluding hydrogens is 412 g/mol. The molecule has 8 nitrogen and oxygen atoms in total. The zero-order valence-electron chi connectivity index (χ0n) is 17.0. The number of amides is 2. The second kappa shape index (κ2) is 7.59. The highest BCUT2D eigenvalue weighted by Crippen LogP contribution is 2.27. The summed E-state index contributed by atoms with van der Waals surface area (Å²) in [6.45, 7) is 3.90. The van der Waals surface area contributed by atoms with Gasteiger partial charge in [0.25, 0.3) is 5.56 Å². The Morgan fingerprint density at radius 2 is 1.87 bits per heavy atom. The average Bonchev–Trinajstić information content (AvgIpc) is 3.21. The number of carbonyl (C=O) groups is 1. The van der Waals surface area contributed by atoms with Crippen molar-refractivity contribution in [3.05, 3.63) is 80.5 Å². The summed E-state index contributed by atoms with van der Waals surface area (Å²) in [5.41, 5.74) is 4.02. The molecule has 1 atom stereocenters. The molecule has 1 unspecified atom stereocenters. The van der Waals surface area contributed by atoms with Crippen LogP contribution in [-0.2, 0) is 5.75 Å². The van der Waals surface area contributed by atoms with Crippen molar-refractivity contribution < 1.29 is 4.79 Å². The van der Waals surface area contributed by atoms with Crippen molar-refractivity contribution in [2.75, 3.05) is 0 Å². The van der Waals surface area contributed by atoms with Crippen LogP contribution in [0.4, 0.5) is 4.79 Å². The van der Waals surface area contributed by atoms with E-state index < -0.39 is 6.17 Å². The summed E-state index contributed by atoms with van der Waals surface area (Å²) in [5.74, 6) is 1.000. The first-order valence-electron chi connectivity index (χ1n) is 9.83. The lowest BCUT2D eigenvalue weighted by Gasteiger charge is -2.23. The van der Waals surface area contributed by atoms with Gasteiger partial charge in [-0.05, 0) is 37.1 Å². The molecule has 3 heterocycles. The Kier molecular flexibility index (Phi) is 4.74. The maximum absolute atomic E-state index is 13.6. The minimum absolute atomic E-state index is 0.0970. The Hall–Kier alpha value is -3.59. The van der Waals surface area contributed by atoms with E-state index in [1.165, 1.54) is 11.8 Å². The molecule has 0 saturated heterocycles. The summed E-state index contributed by atoms with van der Waals surface area (Å²) in [7, 11) is 0. The van der Waals surface area contributed by atoms with Crippen LogP contribution in [0.5, 0.6) is 0 Å². The van der Waals surface area contributed by atoms with Gasteiger partial charge >= 0.3 is 6.03 Å². The quantitative estimate of drug-likeness (QED) is 0.589. The van der Waals surface area contributed by atoms with Crippen LogP contribution < -0.4 is 21.5 Å². The number of hydrogen-bond donors (Lipinski definition) is 3. The Balaban J connectivity index is 1.63. The number of rotatable bonds is 4. The van der Waals surface area contributed by atoms with Crippen LogP contribution in [0.15, 0.2) is 63.0 Å². The van der Waals surface area contributed by atoms with E-state index in [4.69, 9.17) is 4.98 Å². The minimum atomic E-state index is -0.415. The van der Waals surface area contributed by atoms with E-state index in [9.17, 15) is 9.59 Å². The third-order valence-electron chi connectivity index (χ3n) is 5.33. The number of aromatic nitrogens is 2. The van der Waals surface area contributed by atoms with E-state index >= 15 is 0 Å². The molecule has 3 N–H and O–H groups in total. The molecule has 31 heavy (non-hydrogen) atoms. The predicted molar refractivity (Wildman–Crippen MR) is 122 cm³/mol. The summed E-state index contributed by atoms with van der Waals surface area (Å²) in [4.78, 5) is 34.6. The third kappa shape index (κ3) is 3.36. The molecule has 2 amide bonds. The lowest BCUT2D eigenvalue weighted by Crippen LogP contribution is -2.47. The fraction of sp³-hybridized carbons (Fsp3) is 0.182. The van der Waals surface area contributed by atoms with Crippen LogP contribution in [-0.4, -0.2) is 28.1 Å². The number of para-hydroxylation sites is 1. The lowest BCUT2D eigenvalue weighted by atomic mass is 10.1. The molecule has 2 aromatic carbocycles. The Labute approximate surface area is 182 Å². The molecule has 3 aromatic rings. The number of nitrogens with zero attached hydrogens (tertiary/aromatic N) is 3. The highest BCUT2D eigenvalue weighted by Gasteiger charge is 2.29. The van der Waals surface area contributed by atoms with E-state index in [-0.39, 0.29) is 11.6 Å². The van der Waals surface area contributed by atoms with Gasteiger partial charge in [-0.3, -0.25) is 9.36 Å². The number of nitrogens with one attached hydrogen (secondary N) is 3. The normalized spacial score (nSPS) is 17.4. The monoisotopic (exact) mass is 432 g/mol. The first kappa shape index (κ1) is 19.4. The van der Waals surface area contributed by atoms with Gasteiger partial charge < -0.3 is 16.0 Å². The number of hydrogen-bond acceptors (Lipinski definition) is 6. The molecule has 2 aliphatic rings. The summed E-state index contributed by atoms with van der Waals surface area (Å²) in [6.07, 6.45) is 1.15. The molecule has 2 aliphatic heterocycles. The van der Waals surface area contributed by atoms with Crippen LogP contribution >= 0.6 is 11.8 Å². The topological polar surface area (TPSA) is 100 Å². The highest BCUT2D eigenvalue weighted by molar-refractivity contribution is 8.02. The van der Waals surface area contributed by atoms with Crippen molar-refractivity contribution in [3.8, 4) is 5.69 Å². The van der Waals surface area contributed by atoms with Gasteiger partial charge in [-0.2, -0.15) is 0 Å². The van der Waals surface area contributed by atoms with Gasteiger partial charge in [0.1, 0.15) is 10.9 Å². The van der Waals surface area contributed by atoms with Gasteiger partial charge in [-0.1, -0.05) is 42.1 Å². The summed E-state index contributed by atoms with van der Waals surface area (Å²) < 4.78 is 1.68. The maximum Gasteiger partial charge on any atom is 0.321 e. The molecule has 0 aliphatic carbocycles. The van der Waals surface area contributed by atoms with Crippen molar-refractivity contribution in [2.45, 2.75) is 25.8 Å². The van der Waals surface area contributed by atoms with Gasteiger partial charge in [0.15, 0.2) is 6.17 Å². The van der Waals surface area contributed by atoms with E-state index in [2.05, 4.69) is 20.9 Å². The SMILES string of the molecule is Cc1ccccc1-n1c(CSC2=C3NC=NC3NC(=O)N2)nc2cccc(C)c2c1=O. The molecule has 0 bridgehead atoms. The number of aliphatic imine (C=N–C) groups is 1. The molecule has 0 radical (unpaired) electrons. The van der Waals surface area contributed by atoms with Crippen LogP contribution in [0.25, 0.3) is 16.6 Å². The fourth-order valence-electron chi connectivity index (χ4n) is 3.82.